The molecule has 0 bridgehead atoms. The standard InChI is InChI=1S/C4H2S.CH3.CH2.2Sn/c1-2-4-5-3-1;;;;/h1-2H;1H3;1H2;;. The Balaban J connectivity index is 2.86. The number of hydrogen-bond acceptors (Lipinski definition) is 1. The van der Waals surface area contributed by atoms with Gasteiger partial charge in [0.2, 0.25) is 0 Å². The minimum absolute atomic E-state index is 0.118. The van der Waals surface area contributed by atoms with Crippen LogP contribution in [-0.4, -0.2) is 46.3 Å². The van der Waals surface area contributed by atoms with Gasteiger partial charge in [0.05, 0.1) is 0 Å². The molecule has 9 heavy (non-hydrogen) atoms. The van der Waals surface area contributed by atoms with Gasteiger partial charge in [-0.2, -0.15) is 0 Å². The van der Waals surface area contributed by atoms with Crippen molar-refractivity contribution in [3.05, 3.63) is 12.1 Å². The molecule has 3 radical (unpaired) electrons. The summed E-state index contributed by atoms with van der Waals surface area (Å²) in [5, 5.41) is 0. The average Bonchev–Trinajstić information content (AvgIpc) is 2.34. The molecule has 3 heteroatoms. The molecule has 1 aromatic rings. The van der Waals surface area contributed by atoms with Gasteiger partial charge in [-0.25, -0.2) is 0 Å². The van der Waals surface area contributed by atoms with E-state index in [0.717, 1.165) is 0 Å². The van der Waals surface area contributed by atoms with E-state index in [1.54, 1.807) is 5.79 Å². The molecule has 0 aliphatic carbocycles. The van der Waals surface area contributed by atoms with Crippen molar-refractivity contribution < 1.29 is 0 Å². The zero-order valence-electron chi connectivity index (χ0n) is 5.27. The molecule has 0 saturated carbocycles. The molecule has 0 aliphatic heterocycles. The van der Waals surface area contributed by atoms with Crippen LogP contribution >= 0.6 is 11.3 Å². The van der Waals surface area contributed by atoms with E-state index in [1.807, 2.05) is 11.3 Å². The Hall–Kier alpha value is 1.17. The van der Waals surface area contributed by atoms with Crippen molar-refractivity contribution in [1.82, 2.24) is 0 Å². The Morgan fingerprint density at radius 1 is 1.44 bits per heavy atom. The molecule has 0 N–H and O–H groups in total. The first-order valence-corrected chi connectivity index (χ1v) is 11.2. The van der Waals surface area contributed by atoms with E-state index >= 15 is 0 Å². The van der Waals surface area contributed by atoms with E-state index in [2.05, 4.69) is 21.6 Å². The Kier molecular flexibility index (Phi) is 3.79. The van der Waals surface area contributed by atoms with Gasteiger partial charge in [-0.15, -0.1) is 0 Å². The molecule has 0 unspecified atom stereocenters. The van der Waals surface area contributed by atoms with Crippen LogP contribution < -0.4 is 5.79 Å². The molecule has 0 aliphatic rings. The Bertz CT molecular complexity index is 205. The van der Waals surface area contributed by atoms with Crippen LogP contribution in [0.25, 0.3) is 0 Å². The summed E-state index contributed by atoms with van der Waals surface area (Å²) in [5.74, 6) is 0. The van der Waals surface area contributed by atoms with Crippen molar-refractivity contribution in [2.75, 3.05) is 0 Å². The quantitative estimate of drug-likeness (QED) is 0.654. The van der Waals surface area contributed by atoms with Gasteiger partial charge >= 0.3 is 80.5 Å². The normalized spacial score (nSPS) is 9.44. The first kappa shape index (κ1) is 8.27. The predicted octanol–water partition coefficient (Wildman–Crippen LogP) is -0.113. The topological polar surface area (TPSA) is 0 Å². The summed E-state index contributed by atoms with van der Waals surface area (Å²) in [6.45, 7) is 0. The van der Waals surface area contributed by atoms with Crippen LogP contribution in [0.1, 0.15) is 0 Å². The van der Waals surface area contributed by atoms with Crippen LogP contribution in [0.2, 0.25) is 4.94 Å². The zero-order chi connectivity index (χ0) is 6.69. The fourth-order valence-corrected chi connectivity index (χ4v) is 8.41. The van der Waals surface area contributed by atoms with E-state index in [4.69, 9.17) is 0 Å². The van der Waals surface area contributed by atoms with Crippen molar-refractivity contribution >= 4 is 63.5 Å². The van der Waals surface area contributed by atoms with Crippen LogP contribution in [0.4, 0.5) is 0 Å². The Labute approximate surface area is 79.6 Å². The molecule has 45 valence electrons. The first-order valence-electron chi connectivity index (χ1n) is 2.67. The van der Waals surface area contributed by atoms with Crippen LogP contribution in [0, 0.1) is 0 Å². The van der Waals surface area contributed by atoms with E-state index in [0.29, 0.717) is 0 Å². The fourth-order valence-electron chi connectivity index (χ4n) is 0.567. The minimum atomic E-state index is -0.340. The molecule has 1 heterocycles. The molecule has 0 atom stereocenters. The fraction of sp³-hybridized carbons (Fsp3) is 0.167. The van der Waals surface area contributed by atoms with E-state index < -0.39 is 0 Å². The third-order valence-electron chi connectivity index (χ3n) is 1.03. The van der Waals surface area contributed by atoms with E-state index in [-0.39, 0.29) is 41.8 Å². The van der Waals surface area contributed by atoms with Gasteiger partial charge < -0.3 is 0 Å². The van der Waals surface area contributed by atoms with Gasteiger partial charge in [-0.3, -0.25) is 0 Å². The van der Waals surface area contributed by atoms with Crippen molar-refractivity contribution in [3.8, 4) is 0 Å². The second-order valence-electron chi connectivity index (χ2n) is 1.59. The average molecular weight is 349 g/mol. The maximum absolute atomic E-state index is 4.00. The summed E-state index contributed by atoms with van der Waals surface area (Å²) in [5.41, 5.74) is 0. The predicted molar refractivity (Wildman–Crippen MR) is 48.1 cm³/mol. The summed E-state index contributed by atoms with van der Waals surface area (Å²) in [4.78, 5) is 2.37. The van der Waals surface area contributed by atoms with Crippen LogP contribution in [0.3, 0.4) is 0 Å². The molecule has 0 amide bonds. The van der Waals surface area contributed by atoms with Gasteiger partial charge in [-0.1, -0.05) is 0 Å². The van der Waals surface area contributed by atoms with Gasteiger partial charge in [-0.05, 0) is 0 Å². The molecule has 1 rings (SSSR count). The number of rotatable bonds is 2. The number of thiophene rings is 1. The number of hydrogen-bond donors (Lipinski definition) is 0. The van der Waals surface area contributed by atoms with Gasteiger partial charge in [0.1, 0.15) is 0 Å². The van der Waals surface area contributed by atoms with Gasteiger partial charge in [0, 0.05) is 0 Å². The monoisotopic (exact) mass is 351 g/mol. The van der Waals surface area contributed by atoms with Gasteiger partial charge in [0.25, 0.3) is 0 Å². The first-order chi connectivity index (χ1) is 4.36. The summed E-state index contributed by atoms with van der Waals surface area (Å²) in [6, 6.07) is 4.58. The Morgan fingerprint density at radius 2 is 2.11 bits per heavy atom. The molecule has 0 nitrogen and oxygen atoms in total. The molecule has 0 spiro atoms. The van der Waals surface area contributed by atoms with E-state index in [1.165, 1.54) is 0 Å². The van der Waals surface area contributed by atoms with E-state index in [9.17, 15) is 0 Å². The third-order valence-corrected chi connectivity index (χ3v) is 9.18. The summed E-state index contributed by atoms with van der Waals surface area (Å²) in [7, 11) is 0. The SMILES string of the molecule is [CH2]=[Sn][c]1cc[c]([Sn][CH3])s1. The van der Waals surface area contributed by atoms with Crippen molar-refractivity contribution in [2.45, 2.75) is 4.94 Å². The molecule has 0 saturated heterocycles. The zero-order valence-corrected chi connectivity index (χ0v) is 11.8. The second kappa shape index (κ2) is 4.13. The van der Waals surface area contributed by atoms with Crippen LogP contribution in [0.5, 0.6) is 0 Å². The summed E-state index contributed by atoms with van der Waals surface area (Å²) < 4.78 is 7.29. The molecular weight excluding hydrogens is 342 g/mol. The summed E-state index contributed by atoms with van der Waals surface area (Å²) in [6.07, 6.45) is 0. The Morgan fingerprint density at radius 3 is 2.44 bits per heavy atom. The second-order valence-corrected chi connectivity index (χ2v) is 10.3. The van der Waals surface area contributed by atoms with Gasteiger partial charge in [0.15, 0.2) is 0 Å². The molecule has 0 aromatic carbocycles. The third kappa shape index (κ3) is 2.35. The van der Waals surface area contributed by atoms with Crippen molar-refractivity contribution in [3.63, 3.8) is 0 Å². The molecular formula is C6H7SSn2. The molecule has 0 fully saturated rings. The van der Waals surface area contributed by atoms with Crippen molar-refractivity contribution in [2.24, 2.45) is 0 Å². The molecule has 1 aromatic heterocycles. The van der Waals surface area contributed by atoms with Crippen molar-refractivity contribution in [1.29, 1.82) is 0 Å². The maximum atomic E-state index is 4.00. The summed E-state index contributed by atoms with van der Waals surface area (Å²) >= 11 is 1.56. The van der Waals surface area contributed by atoms with Crippen LogP contribution in [-0.2, 0) is 0 Å². The van der Waals surface area contributed by atoms with Crippen LogP contribution in [0.15, 0.2) is 12.1 Å².